The van der Waals surface area contributed by atoms with Crippen LogP contribution < -0.4 is 5.32 Å². The number of pyridine rings is 1. The molecule has 3 rings (SSSR count). The summed E-state index contributed by atoms with van der Waals surface area (Å²) in [4.78, 5) is 30.4. The Labute approximate surface area is 148 Å². The zero-order chi connectivity index (χ0) is 17.6. The van der Waals surface area contributed by atoms with Crippen LogP contribution in [0.15, 0.2) is 54.9 Å². The average Bonchev–Trinajstić information content (AvgIpc) is 2.67. The predicted molar refractivity (Wildman–Crippen MR) is 95.6 cm³/mol. The van der Waals surface area contributed by atoms with Crippen LogP contribution in [0.25, 0.3) is 0 Å². The number of hydrogen-bond acceptors (Lipinski definition) is 3. The standard InChI is InChI=1S/C20H23N3O2/c1-15(24)23-13-18(17-7-3-2-4-8-17)10-19(14-23)20(25)22-12-16-6-5-9-21-11-16/h2-9,11,18-19H,10,12-14H2,1H3,(H,22,25). The highest BCUT2D eigenvalue weighted by molar-refractivity contribution is 5.81. The topological polar surface area (TPSA) is 62.3 Å². The van der Waals surface area contributed by atoms with Crippen molar-refractivity contribution in [1.29, 1.82) is 0 Å². The first-order chi connectivity index (χ1) is 12.1. The van der Waals surface area contributed by atoms with E-state index in [9.17, 15) is 9.59 Å². The largest absolute Gasteiger partial charge is 0.352 e. The number of likely N-dealkylation sites (tertiary alicyclic amines) is 1. The van der Waals surface area contributed by atoms with Gasteiger partial charge in [-0.15, -0.1) is 0 Å². The van der Waals surface area contributed by atoms with Crippen LogP contribution in [0.1, 0.15) is 30.4 Å². The lowest BCUT2D eigenvalue weighted by atomic mass is 9.84. The van der Waals surface area contributed by atoms with Gasteiger partial charge >= 0.3 is 0 Å². The van der Waals surface area contributed by atoms with Crippen molar-refractivity contribution >= 4 is 11.8 Å². The average molecular weight is 337 g/mol. The smallest absolute Gasteiger partial charge is 0.225 e. The van der Waals surface area contributed by atoms with Gasteiger partial charge in [0.05, 0.1) is 5.92 Å². The zero-order valence-corrected chi connectivity index (χ0v) is 14.4. The molecule has 5 nitrogen and oxygen atoms in total. The molecule has 5 heteroatoms. The number of piperidine rings is 1. The molecule has 0 aliphatic carbocycles. The van der Waals surface area contributed by atoms with Crippen LogP contribution in [0.5, 0.6) is 0 Å². The molecule has 2 amide bonds. The third-order valence-electron chi connectivity index (χ3n) is 4.73. The summed E-state index contributed by atoms with van der Waals surface area (Å²) in [5.74, 6) is 0.00828. The molecule has 2 heterocycles. The Morgan fingerprint density at radius 2 is 1.96 bits per heavy atom. The number of aromatic nitrogens is 1. The third-order valence-corrected chi connectivity index (χ3v) is 4.73. The summed E-state index contributed by atoms with van der Waals surface area (Å²) < 4.78 is 0. The molecule has 130 valence electrons. The van der Waals surface area contributed by atoms with Gasteiger partial charge in [0.2, 0.25) is 11.8 Å². The van der Waals surface area contributed by atoms with E-state index in [1.54, 1.807) is 24.2 Å². The third kappa shape index (κ3) is 4.44. The van der Waals surface area contributed by atoms with Gasteiger partial charge in [-0.25, -0.2) is 0 Å². The fraction of sp³-hybridized carbons (Fsp3) is 0.350. The molecule has 1 aliphatic rings. The lowest BCUT2D eigenvalue weighted by Gasteiger charge is -2.37. The van der Waals surface area contributed by atoms with Crippen molar-refractivity contribution < 1.29 is 9.59 Å². The van der Waals surface area contributed by atoms with Crippen molar-refractivity contribution in [3.63, 3.8) is 0 Å². The van der Waals surface area contributed by atoms with Crippen LogP contribution in [0.2, 0.25) is 0 Å². The minimum Gasteiger partial charge on any atom is -0.352 e. The molecule has 2 aromatic rings. The normalized spacial score (nSPS) is 20.1. The monoisotopic (exact) mass is 337 g/mol. The molecule has 2 atom stereocenters. The molecule has 1 aromatic carbocycles. The van der Waals surface area contributed by atoms with Crippen LogP contribution in [0.3, 0.4) is 0 Å². The van der Waals surface area contributed by atoms with Gasteiger partial charge < -0.3 is 10.2 Å². The summed E-state index contributed by atoms with van der Waals surface area (Å²) >= 11 is 0. The highest BCUT2D eigenvalue weighted by atomic mass is 16.2. The second-order valence-corrected chi connectivity index (χ2v) is 6.54. The first-order valence-electron chi connectivity index (χ1n) is 8.60. The second-order valence-electron chi connectivity index (χ2n) is 6.54. The summed E-state index contributed by atoms with van der Waals surface area (Å²) in [5, 5.41) is 2.98. The van der Waals surface area contributed by atoms with E-state index in [1.807, 2.05) is 30.3 Å². The lowest BCUT2D eigenvalue weighted by molar-refractivity contribution is -0.134. The van der Waals surface area contributed by atoms with Crippen molar-refractivity contribution in [3.05, 3.63) is 66.0 Å². The van der Waals surface area contributed by atoms with Gasteiger partial charge in [-0.05, 0) is 23.6 Å². The Morgan fingerprint density at radius 3 is 2.64 bits per heavy atom. The van der Waals surface area contributed by atoms with E-state index >= 15 is 0 Å². The van der Waals surface area contributed by atoms with E-state index in [0.717, 1.165) is 12.0 Å². The van der Waals surface area contributed by atoms with Gasteiger partial charge in [-0.3, -0.25) is 14.6 Å². The van der Waals surface area contributed by atoms with Crippen molar-refractivity contribution in [2.75, 3.05) is 13.1 Å². The van der Waals surface area contributed by atoms with Gasteiger partial charge in [0.1, 0.15) is 0 Å². The number of carbonyl (C=O) groups is 2. The Kier molecular flexibility index (Phi) is 5.43. The van der Waals surface area contributed by atoms with Crippen LogP contribution in [0.4, 0.5) is 0 Å². The number of nitrogens with zero attached hydrogens (tertiary/aromatic N) is 2. The van der Waals surface area contributed by atoms with E-state index < -0.39 is 0 Å². The van der Waals surface area contributed by atoms with Crippen molar-refractivity contribution in [2.24, 2.45) is 5.92 Å². The van der Waals surface area contributed by atoms with E-state index in [0.29, 0.717) is 19.6 Å². The highest BCUT2D eigenvalue weighted by Crippen LogP contribution is 2.30. The Bertz CT molecular complexity index is 718. The number of carbonyl (C=O) groups excluding carboxylic acids is 2. The molecule has 1 fully saturated rings. The van der Waals surface area contributed by atoms with E-state index in [1.165, 1.54) is 5.56 Å². The van der Waals surface area contributed by atoms with Crippen LogP contribution in [-0.4, -0.2) is 34.8 Å². The van der Waals surface area contributed by atoms with Gasteiger partial charge in [0.15, 0.2) is 0 Å². The molecule has 1 aliphatic heterocycles. The lowest BCUT2D eigenvalue weighted by Crippen LogP contribution is -2.47. The maximum atomic E-state index is 12.6. The van der Waals surface area contributed by atoms with Crippen LogP contribution >= 0.6 is 0 Å². The molecule has 1 saturated heterocycles. The van der Waals surface area contributed by atoms with Crippen LogP contribution in [0, 0.1) is 5.92 Å². The van der Waals surface area contributed by atoms with E-state index in [-0.39, 0.29) is 23.7 Å². The zero-order valence-electron chi connectivity index (χ0n) is 14.4. The minimum absolute atomic E-state index is 0.00395. The van der Waals surface area contributed by atoms with Gasteiger partial charge in [-0.2, -0.15) is 0 Å². The summed E-state index contributed by atoms with van der Waals surface area (Å²) in [7, 11) is 0. The fourth-order valence-corrected chi connectivity index (χ4v) is 3.35. The second kappa shape index (κ2) is 7.92. The Morgan fingerprint density at radius 1 is 1.16 bits per heavy atom. The summed E-state index contributed by atoms with van der Waals surface area (Å²) in [6, 6.07) is 13.9. The molecule has 0 bridgehead atoms. The van der Waals surface area contributed by atoms with Crippen LogP contribution in [-0.2, 0) is 16.1 Å². The molecule has 0 radical (unpaired) electrons. The van der Waals surface area contributed by atoms with Crippen molar-refractivity contribution in [1.82, 2.24) is 15.2 Å². The Hall–Kier alpha value is -2.69. The van der Waals surface area contributed by atoms with E-state index in [4.69, 9.17) is 0 Å². The highest BCUT2D eigenvalue weighted by Gasteiger charge is 2.33. The first kappa shape index (κ1) is 17.1. The fourth-order valence-electron chi connectivity index (χ4n) is 3.35. The van der Waals surface area contributed by atoms with Crippen molar-refractivity contribution in [3.8, 4) is 0 Å². The molecule has 2 unspecified atom stereocenters. The summed E-state index contributed by atoms with van der Waals surface area (Å²) in [5.41, 5.74) is 2.15. The Balaban J connectivity index is 1.68. The van der Waals surface area contributed by atoms with E-state index in [2.05, 4.69) is 22.4 Å². The maximum Gasteiger partial charge on any atom is 0.225 e. The maximum absolute atomic E-state index is 12.6. The number of nitrogens with one attached hydrogen (secondary N) is 1. The van der Waals surface area contributed by atoms with Crippen molar-refractivity contribution in [2.45, 2.75) is 25.8 Å². The quantitative estimate of drug-likeness (QED) is 0.931. The number of rotatable bonds is 4. The molecule has 0 saturated carbocycles. The summed E-state index contributed by atoms with van der Waals surface area (Å²) in [6.45, 7) is 3.18. The molecule has 1 N–H and O–H groups in total. The number of hydrogen-bond donors (Lipinski definition) is 1. The molecule has 25 heavy (non-hydrogen) atoms. The summed E-state index contributed by atoms with van der Waals surface area (Å²) in [6.07, 6.45) is 4.21. The molecule has 1 aromatic heterocycles. The minimum atomic E-state index is -0.195. The molecular weight excluding hydrogens is 314 g/mol. The number of benzene rings is 1. The van der Waals surface area contributed by atoms with Gasteiger partial charge in [-0.1, -0.05) is 36.4 Å². The van der Waals surface area contributed by atoms with Gasteiger partial charge in [0.25, 0.3) is 0 Å². The molecule has 0 spiro atoms. The SMILES string of the molecule is CC(=O)N1CC(C(=O)NCc2cccnc2)CC(c2ccccc2)C1. The predicted octanol–water partition coefficient (Wildman–Crippen LogP) is 2.35. The number of amides is 2. The molecular formula is C20H23N3O2. The van der Waals surface area contributed by atoms with Gasteiger partial charge in [0, 0.05) is 44.9 Å². The first-order valence-corrected chi connectivity index (χ1v) is 8.60.